The fraction of sp³-hybridized carbons (Fsp3) is 0.615. The number of carboxylic acid groups (broad SMARTS) is 1. The zero-order valence-corrected chi connectivity index (χ0v) is 11.6. The molecule has 2 rings (SSSR count). The van der Waals surface area contributed by atoms with Crippen LogP contribution in [0.5, 0.6) is 0 Å². The molecule has 1 aromatic heterocycles. The number of carbonyl (C=O) groups excluding carboxylic acids is 1. The molecule has 1 aromatic rings. The van der Waals surface area contributed by atoms with E-state index in [0.29, 0.717) is 13.1 Å². The van der Waals surface area contributed by atoms with Gasteiger partial charge in [0, 0.05) is 30.4 Å². The fourth-order valence-electron chi connectivity index (χ4n) is 2.51. The molecule has 20 heavy (non-hydrogen) atoms. The van der Waals surface area contributed by atoms with Gasteiger partial charge in [0.2, 0.25) is 0 Å². The second-order valence-electron chi connectivity index (χ2n) is 5.12. The van der Waals surface area contributed by atoms with Crippen LogP contribution in [0.2, 0.25) is 0 Å². The Morgan fingerprint density at radius 1 is 1.55 bits per heavy atom. The van der Waals surface area contributed by atoms with Crippen LogP contribution in [0.25, 0.3) is 0 Å². The number of carbonyl (C=O) groups is 2. The molecule has 2 heterocycles. The molecule has 7 heteroatoms. The van der Waals surface area contributed by atoms with Gasteiger partial charge in [-0.25, -0.2) is 4.79 Å². The standard InChI is InChI=1S/C13H20N4O3/c1-9-10(8-15-16-9)7-14-13(20)17-5-3-2-4-11(17)6-12(18)19/h8,11H,2-7H2,1H3,(H,14,20)(H,15,16)(H,18,19). The van der Waals surface area contributed by atoms with Crippen LogP contribution in [-0.4, -0.2) is 44.8 Å². The Morgan fingerprint density at radius 2 is 2.35 bits per heavy atom. The number of hydrogen-bond acceptors (Lipinski definition) is 3. The minimum atomic E-state index is -0.861. The monoisotopic (exact) mass is 280 g/mol. The third-order valence-corrected chi connectivity index (χ3v) is 3.66. The number of aliphatic carboxylic acids is 1. The van der Waals surface area contributed by atoms with Crippen molar-refractivity contribution >= 4 is 12.0 Å². The first-order valence-corrected chi connectivity index (χ1v) is 6.83. The number of piperidine rings is 1. The largest absolute Gasteiger partial charge is 0.481 e. The van der Waals surface area contributed by atoms with Crippen molar-refractivity contribution in [2.45, 2.75) is 45.2 Å². The number of aromatic nitrogens is 2. The lowest BCUT2D eigenvalue weighted by atomic mass is 10.00. The van der Waals surface area contributed by atoms with Gasteiger partial charge in [-0.15, -0.1) is 0 Å². The normalized spacial score (nSPS) is 18.9. The highest BCUT2D eigenvalue weighted by Crippen LogP contribution is 2.19. The van der Waals surface area contributed by atoms with E-state index in [-0.39, 0.29) is 18.5 Å². The van der Waals surface area contributed by atoms with Crippen molar-refractivity contribution in [1.82, 2.24) is 20.4 Å². The van der Waals surface area contributed by atoms with Crippen LogP contribution in [-0.2, 0) is 11.3 Å². The number of aryl methyl sites for hydroxylation is 1. The average Bonchev–Trinajstić information content (AvgIpc) is 2.81. The smallest absolute Gasteiger partial charge is 0.317 e. The number of urea groups is 1. The van der Waals surface area contributed by atoms with Crippen molar-refractivity contribution in [2.24, 2.45) is 0 Å². The predicted octanol–water partition coefficient (Wildman–Crippen LogP) is 1.26. The molecular formula is C13H20N4O3. The third kappa shape index (κ3) is 3.49. The second-order valence-corrected chi connectivity index (χ2v) is 5.12. The number of rotatable bonds is 4. The van der Waals surface area contributed by atoms with Gasteiger partial charge in [0.1, 0.15) is 0 Å². The molecule has 0 aromatic carbocycles. The Bertz CT molecular complexity index is 486. The number of H-pyrrole nitrogens is 1. The minimum absolute atomic E-state index is 0.0121. The highest BCUT2D eigenvalue weighted by Gasteiger charge is 2.28. The Morgan fingerprint density at radius 3 is 3.00 bits per heavy atom. The number of nitrogens with one attached hydrogen (secondary N) is 2. The van der Waals surface area contributed by atoms with Gasteiger partial charge >= 0.3 is 12.0 Å². The van der Waals surface area contributed by atoms with Gasteiger partial charge in [-0.05, 0) is 26.2 Å². The summed E-state index contributed by atoms with van der Waals surface area (Å²) in [5.74, 6) is -0.861. The van der Waals surface area contributed by atoms with E-state index in [1.165, 1.54) is 0 Å². The molecule has 1 aliphatic heterocycles. The van der Waals surface area contributed by atoms with E-state index in [2.05, 4.69) is 15.5 Å². The number of likely N-dealkylation sites (tertiary alicyclic amines) is 1. The summed E-state index contributed by atoms with van der Waals surface area (Å²) in [7, 11) is 0. The molecule has 1 fully saturated rings. The zero-order valence-electron chi connectivity index (χ0n) is 11.6. The van der Waals surface area contributed by atoms with Crippen LogP contribution < -0.4 is 5.32 Å². The van der Waals surface area contributed by atoms with Crippen molar-refractivity contribution < 1.29 is 14.7 Å². The maximum Gasteiger partial charge on any atom is 0.317 e. The minimum Gasteiger partial charge on any atom is -0.481 e. The SMILES string of the molecule is Cc1[nH]ncc1CNC(=O)N1CCCCC1CC(=O)O. The van der Waals surface area contributed by atoms with E-state index in [9.17, 15) is 9.59 Å². The van der Waals surface area contributed by atoms with Gasteiger partial charge in [-0.3, -0.25) is 9.89 Å². The summed E-state index contributed by atoms with van der Waals surface area (Å²) < 4.78 is 0. The van der Waals surface area contributed by atoms with Crippen molar-refractivity contribution in [2.75, 3.05) is 6.54 Å². The van der Waals surface area contributed by atoms with Gasteiger partial charge in [-0.2, -0.15) is 5.10 Å². The van der Waals surface area contributed by atoms with Crippen molar-refractivity contribution in [1.29, 1.82) is 0 Å². The number of amides is 2. The molecule has 0 aliphatic carbocycles. The summed E-state index contributed by atoms with van der Waals surface area (Å²) >= 11 is 0. The molecule has 0 spiro atoms. The lowest BCUT2D eigenvalue weighted by Crippen LogP contribution is -2.49. The quantitative estimate of drug-likeness (QED) is 0.773. The maximum absolute atomic E-state index is 12.2. The molecule has 1 atom stereocenters. The summed E-state index contributed by atoms with van der Waals surface area (Å²) in [5, 5.41) is 18.5. The molecule has 1 saturated heterocycles. The first kappa shape index (κ1) is 14.4. The molecule has 3 N–H and O–H groups in total. The van der Waals surface area contributed by atoms with Crippen LogP contribution in [0, 0.1) is 6.92 Å². The number of nitrogens with zero attached hydrogens (tertiary/aromatic N) is 2. The van der Waals surface area contributed by atoms with Crippen molar-refractivity contribution in [3.8, 4) is 0 Å². The molecule has 0 radical (unpaired) electrons. The van der Waals surface area contributed by atoms with E-state index in [1.54, 1.807) is 11.1 Å². The third-order valence-electron chi connectivity index (χ3n) is 3.66. The lowest BCUT2D eigenvalue weighted by Gasteiger charge is -2.34. The van der Waals surface area contributed by atoms with Gasteiger partial charge in [-0.1, -0.05) is 0 Å². The van der Waals surface area contributed by atoms with Gasteiger partial charge < -0.3 is 15.3 Å². The second kappa shape index (κ2) is 6.40. The molecule has 0 saturated carbocycles. The van der Waals surface area contributed by atoms with Crippen LogP contribution in [0.3, 0.4) is 0 Å². The van der Waals surface area contributed by atoms with Crippen LogP contribution in [0.4, 0.5) is 4.79 Å². The Hall–Kier alpha value is -2.05. The first-order chi connectivity index (χ1) is 9.58. The average molecular weight is 280 g/mol. The van der Waals surface area contributed by atoms with E-state index in [4.69, 9.17) is 5.11 Å². The molecule has 110 valence electrons. The van der Waals surface area contributed by atoms with Crippen LogP contribution >= 0.6 is 0 Å². The van der Waals surface area contributed by atoms with E-state index >= 15 is 0 Å². The highest BCUT2D eigenvalue weighted by molar-refractivity contribution is 5.76. The predicted molar refractivity (Wildman–Crippen MR) is 72.2 cm³/mol. The lowest BCUT2D eigenvalue weighted by molar-refractivity contribution is -0.138. The van der Waals surface area contributed by atoms with E-state index < -0.39 is 5.97 Å². The maximum atomic E-state index is 12.2. The Balaban J connectivity index is 1.92. The number of aromatic amines is 1. The van der Waals surface area contributed by atoms with Crippen molar-refractivity contribution in [3.63, 3.8) is 0 Å². The van der Waals surface area contributed by atoms with Gasteiger partial charge in [0.25, 0.3) is 0 Å². The number of carboxylic acids is 1. The van der Waals surface area contributed by atoms with Crippen LogP contribution in [0.1, 0.15) is 36.9 Å². The zero-order chi connectivity index (χ0) is 14.5. The fourth-order valence-corrected chi connectivity index (χ4v) is 2.51. The van der Waals surface area contributed by atoms with Crippen molar-refractivity contribution in [3.05, 3.63) is 17.5 Å². The summed E-state index contributed by atoms with van der Waals surface area (Å²) in [6.45, 7) is 2.91. The van der Waals surface area contributed by atoms with E-state index in [0.717, 1.165) is 30.5 Å². The molecule has 7 nitrogen and oxygen atoms in total. The molecule has 1 aliphatic rings. The highest BCUT2D eigenvalue weighted by atomic mass is 16.4. The van der Waals surface area contributed by atoms with Crippen LogP contribution in [0.15, 0.2) is 6.20 Å². The molecule has 0 bridgehead atoms. The topological polar surface area (TPSA) is 98.3 Å². The number of hydrogen-bond donors (Lipinski definition) is 3. The van der Waals surface area contributed by atoms with E-state index in [1.807, 2.05) is 6.92 Å². The summed E-state index contributed by atoms with van der Waals surface area (Å²) in [4.78, 5) is 24.7. The molecular weight excluding hydrogens is 260 g/mol. The summed E-state index contributed by atoms with van der Waals surface area (Å²) in [6.07, 6.45) is 4.35. The summed E-state index contributed by atoms with van der Waals surface area (Å²) in [6, 6.07) is -0.400. The molecule has 1 unspecified atom stereocenters. The first-order valence-electron chi connectivity index (χ1n) is 6.83. The Kier molecular flexibility index (Phi) is 4.60. The van der Waals surface area contributed by atoms with Gasteiger partial charge in [0.15, 0.2) is 0 Å². The Labute approximate surface area is 117 Å². The van der Waals surface area contributed by atoms with Gasteiger partial charge in [0.05, 0.1) is 12.6 Å². The summed E-state index contributed by atoms with van der Waals surface area (Å²) in [5.41, 5.74) is 1.86. The molecule has 2 amide bonds.